The molecule has 29 heavy (non-hydrogen) atoms. The number of ether oxygens (including phenoxy) is 1. The Morgan fingerprint density at radius 1 is 1.24 bits per heavy atom. The van der Waals surface area contributed by atoms with Crippen LogP contribution in [0.15, 0.2) is 54.9 Å². The van der Waals surface area contributed by atoms with E-state index in [2.05, 4.69) is 20.3 Å². The number of aryl methyl sites for hydroxylation is 2. The van der Waals surface area contributed by atoms with Crippen molar-refractivity contribution in [2.45, 2.75) is 25.7 Å². The maximum Gasteiger partial charge on any atom is 0.228 e. The number of carbonyl (C=O) groups is 1. The SMILES string of the molecule is Cc1ncc(OC[C@@]2(c3ccccc3)C[C@H]2C(=O)Nc2ccnc(Cl)c2)c(C)n1. The largest absolute Gasteiger partial charge is 0.489 e. The molecule has 6 nitrogen and oxygen atoms in total. The number of hydrogen-bond acceptors (Lipinski definition) is 5. The molecule has 0 bridgehead atoms. The van der Waals surface area contributed by atoms with Crippen LogP contribution in [0.25, 0.3) is 0 Å². The van der Waals surface area contributed by atoms with Crippen molar-refractivity contribution in [2.24, 2.45) is 5.92 Å². The van der Waals surface area contributed by atoms with Crippen LogP contribution in [0, 0.1) is 19.8 Å². The van der Waals surface area contributed by atoms with Gasteiger partial charge in [-0.05, 0) is 38.0 Å². The minimum atomic E-state index is -0.389. The Hall–Kier alpha value is -2.99. The van der Waals surface area contributed by atoms with Gasteiger partial charge in [-0.2, -0.15) is 0 Å². The predicted octanol–water partition coefficient (Wildman–Crippen LogP) is 4.12. The number of carbonyl (C=O) groups excluding carboxylic acids is 1. The number of nitrogens with one attached hydrogen (secondary N) is 1. The van der Waals surface area contributed by atoms with Crippen LogP contribution in [0.2, 0.25) is 5.15 Å². The van der Waals surface area contributed by atoms with Gasteiger partial charge in [0.25, 0.3) is 0 Å². The second kappa shape index (κ2) is 7.79. The highest BCUT2D eigenvalue weighted by Crippen LogP contribution is 2.55. The fourth-order valence-electron chi connectivity index (χ4n) is 3.61. The number of amides is 1. The minimum Gasteiger partial charge on any atom is -0.489 e. The molecule has 2 heterocycles. The summed E-state index contributed by atoms with van der Waals surface area (Å²) in [5.41, 5.74) is 2.11. The first kappa shape index (κ1) is 19.3. The molecule has 1 aromatic carbocycles. The third-order valence-electron chi connectivity index (χ3n) is 5.27. The molecule has 1 aliphatic carbocycles. The Balaban J connectivity index is 1.54. The molecule has 1 fully saturated rings. The van der Waals surface area contributed by atoms with Crippen LogP contribution in [0.4, 0.5) is 5.69 Å². The summed E-state index contributed by atoms with van der Waals surface area (Å²) < 4.78 is 6.09. The number of rotatable bonds is 6. The average molecular weight is 409 g/mol. The van der Waals surface area contributed by atoms with Crippen LogP contribution in [-0.2, 0) is 10.2 Å². The number of benzene rings is 1. The third-order valence-corrected chi connectivity index (χ3v) is 5.48. The van der Waals surface area contributed by atoms with E-state index < -0.39 is 0 Å². The van der Waals surface area contributed by atoms with Gasteiger partial charge in [-0.1, -0.05) is 41.9 Å². The molecule has 1 saturated carbocycles. The van der Waals surface area contributed by atoms with Gasteiger partial charge < -0.3 is 10.1 Å². The van der Waals surface area contributed by atoms with E-state index in [1.54, 1.807) is 24.5 Å². The molecule has 0 radical (unpaired) electrons. The van der Waals surface area contributed by atoms with Gasteiger partial charge in [0.15, 0.2) is 5.75 Å². The number of nitrogens with zero attached hydrogens (tertiary/aromatic N) is 3. The molecule has 0 aliphatic heterocycles. The van der Waals surface area contributed by atoms with E-state index in [1.807, 2.05) is 44.2 Å². The minimum absolute atomic E-state index is 0.0587. The third kappa shape index (κ3) is 4.07. The van der Waals surface area contributed by atoms with Gasteiger partial charge in [0, 0.05) is 17.3 Å². The molecule has 0 unspecified atom stereocenters. The van der Waals surface area contributed by atoms with Crippen molar-refractivity contribution in [3.8, 4) is 5.75 Å². The number of hydrogen-bond donors (Lipinski definition) is 1. The van der Waals surface area contributed by atoms with Gasteiger partial charge in [-0.25, -0.2) is 15.0 Å². The van der Waals surface area contributed by atoms with Crippen molar-refractivity contribution in [1.29, 1.82) is 0 Å². The molecule has 1 aliphatic rings. The van der Waals surface area contributed by atoms with Crippen LogP contribution in [0.1, 0.15) is 23.5 Å². The number of pyridine rings is 1. The van der Waals surface area contributed by atoms with E-state index in [4.69, 9.17) is 16.3 Å². The van der Waals surface area contributed by atoms with Crippen molar-refractivity contribution in [1.82, 2.24) is 15.0 Å². The van der Waals surface area contributed by atoms with Crippen molar-refractivity contribution < 1.29 is 9.53 Å². The monoisotopic (exact) mass is 408 g/mol. The standard InChI is InChI=1S/C22H21ClN4O2/c1-14-19(12-25-15(2)26-14)29-13-22(16-6-4-3-5-7-16)11-18(22)21(28)27-17-8-9-24-20(23)10-17/h3-10,12,18H,11,13H2,1-2H3,(H,24,27,28)/t18-,22+/m0/s1. The average Bonchev–Trinajstić information content (AvgIpc) is 3.44. The van der Waals surface area contributed by atoms with E-state index in [0.717, 1.165) is 11.3 Å². The van der Waals surface area contributed by atoms with Gasteiger partial charge >= 0.3 is 0 Å². The van der Waals surface area contributed by atoms with Crippen LogP contribution in [0.3, 0.4) is 0 Å². The molecule has 3 aromatic rings. The molecular formula is C22H21ClN4O2. The van der Waals surface area contributed by atoms with E-state index in [-0.39, 0.29) is 17.2 Å². The summed E-state index contributed by atoms with van der Waals surface area (Å²) in [7, 11) is 0. The highest BCUT2D eigenvalue weighted by atomic mass is 35.5. The molecule has 0 spiro atoms. The fraction of sp³-hybridized carbons (Fsp3) is 0.273. The summed E-state index contributed by atoms with van der Waals surface area (Å²) >= 11 is 5.92. The maximum absolute atomic E-state index is 12.9. The zero-order valence-electron chi connectivity index (χ0n) is 16.2. The Morgan fingerprint density at radius 2 is 2.03 bits per heavy atom. The van der Waals surface area contributed by atoms with Gasteiger partial charge in [0.1, 0.15) is 11.0 Å². The second-order valence-electron chi connectivity index (χ2n) is 7.29. The van der Waals surface area contributed by atoms with E-state index >= 15 is 0 Å². The predicted molar refractivity (Wildman–Crippen MR) is 111 cm³/mol. The zero-order chi connectivity index (χ0) is 20.4. The molecule has 2 atom stereocenters. The topological polar surface area (TPSA) is 77.0 Å². The second-order valence-corrected chi connectivity index (χ2v) is 7.68. The Labute approximate surface area is 174 Å². The quantitative estimate of drug-likeness (QED) is 0.621. The van der Waals surface area contributed by atoms with Gasteiger partial charge in [-0.15, -0.1) is 0 Å². The first-order chi connectivity index (χ1) is 14.0. The lowest BCUT2D eigenvalue weighted by molar-refractivity contribution is -0.117. The highest BCUT2D eigenvalue weighted by molar-refractivity contribution is 6.29. The lowest BCUT2D eigenvalue weighted by atomic mass is 9.93. The summed E-state index contributed by atoms with van der Waals surface area (Å²) in [6, 6.07) is 13.4. The maximum atomic E-state index is 12.9. The van der Waals surface area contributed by atoms with Gasteiger partial charge in [0.05, 0.1) is 24.4 Å². The van der Waals surface area contributed by atoms with Crippen LogP contribution in [0.5, 0.6) is 5.75 Å². The Morgan fingerprint density at radius 3 is 2.76 bits per heavy atom. The van der Waals surface area contributed by atoms with Crippen molar-refractivity contribution in [3.63, 3.8) is 0 Å². The van der Waals surface area contributed by atoms with Gasteiger partial charge in [-0.3, -0.25) is 4.79 Å². The summed E-state index contributed by atoms with van der Waals surface area (Å²) in [6.07, 6.45) is 3.96. The smallest absolute Gasteiger partial charge is 0.228 e. The Bertz CT molecular complexity index is 1040. The van der Waals surface area contributed by atoms with E-state index in [0.29, 0.717) is 35.4 Å². The molecule has 4 rings (SSSR count). The number of anilines is 1. The summed E-state index contributed by atoms with van der Waals surface area (Å²) in [6.45, 7) is 4.11. The molecular weight excluding hydrogens is 388 g/mol. The molecule has 7 heteroatoms. The lowest BCUT2D eigenvalue weighted by Crippen LogP contribution is -2.26. The molecule has 2 aromatic heterocycles. The lowest BCUT2D eigenvalue weighted by Gasteiger charge is -2.19. The highest BCUT2D eigenvalue weighted by Gasteiger charge is 2.60. The number of aromatic nitrogens is 3. The van der Waals surface area contributed by atoms with Crippen LogP contribution < -0.4 is 10.1 Å². The van der Waals surface area contributed by atoms with Crippen molar-refractivity contribution >= 4 is 23.2 Å². The molecule has 1 amide bonds. The number of halogens is 1. The first-order valence-corrected chi connectivity index (χ1v) is 9.77. The summed E-state index contributed by atoms with van der Waals surface area (Å²) in [5.74, 6) is 1.07. The van der Waals surface area contributed by atoms with Gasteiger partial charge in [0.2, 0.25) is 5.91 Å². The summed E-state index contributed by atoms with van der Waals surface area (Å²) in [4.78, 5) is 25.5. The first-order valence-electron chi connectivity index (χ1n) is 9.39. The molecule has 0 saturated heterocycles. The van der Waals surface area contributed by atoms with Crippen molar-refractivity contribution in [2.75, 3.05) is 11.9 Å². The van der Waals surface area contributed by atoms with Crippen LogP contribution >= 0.6 is 11.6 Å². The summed E-state index contributed by atoms with van der Waals surface area (Å²) in [5, 5.41) is 3.28. The molecule has 148 valence electrons. The zero-order valence-corrected chi connectivity index (χ0v) is 17.0. The van der Waals surface area contributed by atoms with E-state index in [9.17, 15) is 4.79 Å². The van der Waals surface area contributed by atoms with Crippen molar-refractivity contribution in [3.05, 3.63) is 77.1 Å². The fourth-order valence-corrected chi connectivity index (χ4v) is 3.78. The normalized spacial score (nSPS) is 20.2. The van der Waals surface area contributed by atoms with E-state index in [1.165, 1.54) is 0 Å². The van der Waals surface area contributed by atoms with Crippen LogP contribution in [-0.4, -0.2) is 27.5 Å². The molecule has 1 N–H and O–H groups in total. The Kier molecular flexibility index (Phi) is 5.20.